The zero-order chi connectivity index (χ0) is 17.8. The van der Waals surface area contributed by atoms with E-state index in [1.54, 1.807) is 0 Å². The Kier molecular flexibility index (Phi) is 4.12. The molecule has 0 aromatic carbocycles. The highest BCUT2D eigenvalue weighted by Crippen LogP contribution is 2.66. The SMILES string of the molecule is [CH2]O/N=C(\C)C1CCC2C3CCC4=CC(=O)CCC4(C)C3CCC12C. The fraction of sp³-hybridized carbons (Fsp3) is 0.773. The number of carbonyl (C=O) groups is 1. The van der Waals surface area contributed by atoms with Gasteiger partial charge >= 0.3 is 0 Å². The number of nitrogens with zero attached hydrogens (tertiary/aromatic N) is 1. The minimum Gasteiger partial charge on any atom is -0.392 e. The van der Waals surface area contributed by atoms with E-state index < -0.39 is 0 Å². The molecule has 0 bridgehead atoms. The molecule has 3 heteroatoms. The molecule has 3 saturated carbocycles. The molecule has 0 aliphatic heterocycles. The van der Waals surface area contributed by atoms with Gasteiger partial charge in [-0.05, 0) is 86.5 Å². The lowest BCUT2D eigenvalue weighted by atomic mass is 9.46. The highest BCUT2D eigenvalue weighted by Gasteiger charge is 2.59. The van der Waals surface area contributed by atoms with Crippen LogP contribution >= 0.6 is 0 Å². The van der Waals surface area contributed by atoms with Crippen LogP contribution in [0.2, 0.25) is 0 Å². The molecule has 0 N–H and O–H groups in total. The fourth-order valence-electron chi connectivity index (χ4n) is 7.41. The van der Waals surface area contributed by atoms with Gasteiger partial charge < -0.3 is 4.84 Å². The summed E-state index contributed by atoms with van der Waals surface area (Å²) in [6.45, 7) is 7.08. The Labute approximate surface area is 152 Å². The van der Waals surface area contributed by atoms with Crippen molar-refractivity contribution in [3.05, 3.63) is 18.8 Å². The minimum absolute atomic E-state index is 0.274. The van der Waals surface area contributed by atoms with E-state index in [9.17, 15) is 4.79 Å². The van der Waals surface area contributed by atoms with Crippen LogP contribution in [0, 0.1) is 41.6 Å². The zero-order valence-corrected chi connectivity index (χ0v) is 16.0. The molecule has 0 aromatic rings. The number of hydrogen-bond donors (Lipinski definition) is 0. The van der Waals surface area contributed by atoms with Gasteiger partial charge in [0.05, 0.1) is 5.71 Å². The van der Waals surface area contributed by atoms with Crippen molar-refractivity contribution in [2.75, 3.05) is 0 Å². The van der Waals surface area contributed by atoms with E-state index in [4.69, 9.17) is 4.84 Å². The summed E-state index contributed by atoms with van der Waals surface area (Å²) < 4.78 is 0. The molecule has 4 rings (SSSR count). The Morgan fingerprint density at radius 3 is 2.72 bits per heavy atom. The number of carbonyl (C=O) groups excluding carboxylic acids is 1. The van der Waals surface area contributed by atoms with Crippen molar-refractivity contribution < 1.29 is 9.63 Å². The second kappa shape index (κ2) is 5.96. The summed E-state index contributed by atoms with van der Waals surface area (Å²) in [5, 5.41) is 4.19. The standard InChI is InChI=1S/C22H32NO2/c1-14(23-25-4)18-7-8-19-17-6-5-15-13-16(24)9-11-21(15,2)20(17)10-12-22(18,19)3/h13,17-20H,4-12H2,1-3H3/b23-14+. The van der Waals surface area contributed by atoms with Gasteiger partial charge in [0.15, 0.2) is 12.9 Å². The van der Waals surface area contributed by atoms with Crippen LogP contribution in [-0.4, -0.2) is 11.5 Å². The van der Waals surface area contributed by atoms with Gasteiger partial charge in [0.25, 0.3) is 0 Å². The summed E-state index contributed by atoms with van der Waals surface area (Å²) in [4.78, 5) is 16.8. The third-order valence-corrected chi connectivity index (χ3v) is 8.67. The summed E-state index contributed by atoms with van der Waals surface area (Å²) in [5.41, 5.74) is 3.22. The third kappa shape index (κ3) is 2.44. The van der Waals surface area contributed by atoms with Crippen molar-refractivity contribution in [2.24, 2.45) is 39.7 Å². The predicted molar refractivity (Wildman–Crippen MR) is 99.8 cm³/mol. The molecular formula is C22H32NO2. The van der Waals surface area contributed by atoms with E-state index in [0.717, 1.165) is 42.7 Å². The van der Waals surface area contributed by atoms with Crippen molar-refractivity contribution in [2.45, 2.75) is 72.1 Å². The first-order valence-electron chi connectivity index (χ1n) is 10.1. The highest BCUT2D eigenvalue weighted by atomic mass is 16.6. The van der Waals surface area contributed by atoms with Gasteiger partial charge in [-0.15, -0.1) is 0 Å². The molecule has 3 nitrogen and oxygen atoms in total. The van der Waals surface area contributed by atoms with E-state index in [0.29, 0.717) is 17.1 Å². The first kappa shape index (κ1) is 17.3. The van der Waals surface area contributed by atoms with Gasteiger partial charge in [-0.3, -0.25) is 4.79 Å². The molecule has 137 valence electrons. The average molecular weight is 343 g/mol. The second-order valence-corrected chi connectivity index (χ2v) is 9.51. The lowest BCUT2D eigenvalue weighted by Crippen LogP contribution is -2.51. The van der Waals surface area contributed by atoms with E-state index in [-0.39, 0.29) is 5.41 Å². The maximum absolute atomic E-state index is 11.9. The molecule has 0 spiro atoms. The number of hydrogen-bond acceptors (Lipinski definition) is 3. The maximum Gasteiger partial charge on any atom is 0.155 e. The Bertz CT molecular complexity index is 636. The van der Waals surface area contributed by atoms with Gasteiger partial charge in [-0.25, -0.2) is 0 Å². The highest BCUT2D eigenvalue weighted by molar-refractivity contribution is 5.91. The Hall–Kier alpha value is -1.12. The molecule has 1 radical (unpaired) electrons. The molecule has 0 amide bonds. The molecule has 6 unspecified atom stereocenters. The monoisotopic (exact) mass is 342 g/mol. The molecule has 4 aliphatic rings. The van der Waals surface area contributed by atoms with Gasteiger partial charge in [0.1, 0.15) is 0 Å². The zero-order valence-electron chi connectivity index (χ0n) is 16.0. The van der Waals surface area contributed by atoms with Crippen LogP contribution in [0.15, 0.2) is 16.8 Å². The molecule has 3 fully saturated rings. The van der Waals surface area contributed by atoms with Crippen molar-refractivity contribution >= 4 is 11.5 Å². The number of ketones is 1. The summed E-state index contributed by atoms with van der Waals surface area (Å²) in [5.74, 6) is 3.26. The lowest BCUT2D eigenvalue weighted by molar-refractivity contribution is -0.117. The first-order chi connectivity index (χ1) is 11.9. The van der Waals surface area contributed by atoms with E-state index in [1.165, 1.54) is 37.7 Å². The van der Waals surface area contributed by atoms with Crippen LogP contribution in [0.1, 0.15) is 72.1 Å². The molecule has 25 heavy (non-hydrogen) atoms. The molecular weight excluding hydrogens is 310 g/mol. The van der Waals surface area contributed by atoms with Crippen LogP contribution in [0.5, 0.6) is 0 Å². The van der Waals surface area contributed by atoms with Crippen molar-refractivity contribution in [3.63, 3.8) is 0 Å². The lowest BCUT2D eigenvalue weighted by Gasteiger charge is -2.58. The molecule has 6 atom stereocenters. The Morgan fingerprint density at radius 2 is 1.96 bits per heavy atom. The quantitative estimate of drug-likeness (QED) is 0.503. The summed E-state index contributed by atoms with van der Waals surface area (Å²) in [6.07, 6.45) is 11.4. The predicted octanol–water partition coefficient (Wildman–Crippen LogP) is 5.32. The fourth-order valence-corrected chi connectivity index (χ4v) is 7.41. The second-order valence-electron chi connectivity index (χ2n) is 9.51. The van der Waals surface area contributed by atoms with Crippen molar-refractivity contribution in [3.8, 4) is 0 Å². The average Bonchev–Trinajstić information content (AvgIpc) is 2.93. The maximum atomic E-state index is 11.9. The summed E-state index contributed by atoms with van der Waals surface area (Å²) in [6, 6.07) is 0. The largest absolute Gasteiger partial charge is 0.392 e. The topological polar surface area (TPSA) is 38.7 Å². The van der Waals surface area contributed by atoms with Gasteiger partial charge in [0, 0.05) is 12.3 Å². The van der Waals surface area contributed by atoms with Gasteiger partial charge in [-0.1, -0.05) is 24.6 Å². The van der Waals surface area contributed by atoms with Crippen LogP contribution in [0.3, 0.4) is 0 Å². The van der Waals surface area contributed by atoms with E-state index in [1.807, 2.05) is 6.08 Å². The van der Waals surface area contributed by atoms with E-state index in [2.05, 4.69) is 33.0 Å². The van der Waals surface area contributed by atoms with Crippen molar-refractivity contribution in [1.82, 2.24) is 0 Å². The number of allylic oxidation sites excluding steroid dienone is 1. The Morgan fingerprint density at radius 1 is 1.16 bits per heavy atom. The van der Waals surface area contributed by atoms with Crippen molar-refractivity contribution in [1.29, 1.82) is 0 Å². The Balaban J connectivity index is 1.64. The first-order valence-corrected chi connectivity index (χ1v) is 10.1. The third-order valence-electron chi connectivity index (χ3n) is 8.67. The molecule has 0 heterocycles. The van der Waals surface area contributed by atoms with Crippen LogP contribution in [-0.2, 0) is 9.63 Å². The van der Waals surface area contributed by atoms with Crippen LogP contribution in [0.25, 0.3) is 0 Å². The number of rotatable bonds is 2. The number of fused-ring (bicyclic) bond motifs is 5. The summed E-state index contributed by atoms with van der Waals surface area (Å²) in [7, 11) is 3.43. The minimum atomic E-state index is 0.274. The van der Waals surface area contributed by atoms with E-state index >= 15 is 0 Å². The molecule has 0 aromatic heterocycles. The van der Waals surface area contributed by atoms with Gasteiger partial charge in [-0.2, -0.15) is 0 Å². The van der Waals surface area contributed by atoms with Gasteiger partial charge in [0.2, 0.25) is 0 Å². The van der Waals surface area contributed by atoms with Crippen LogP contribution < -0.4 is 0 Å². The smallest absolute Gasteiger partial charge is 0.155 e. The van der Waals surface area contributed by atoms with Crippen LogP contribution in [0.4, 0.5) is 0 Å². The summed E-state index contributed by atoms with van der Waals surface area (Å²) >= 11 is 0. The number of oxime groups is 1. The molecule has 4 aliphatic carbocycles. The molecule has 0 saturated heterocycles. The normalized spacial score (nSPS) is 46.8.